The second kappa shape index (κ2) is 7.02. The van der Waals surface area contributed by atoms with Crippen molar-refractivity contribution in [2.75, 3.05) is 36.0 Å². The molecule has 126 valence electrons. The number of aliphatic hydroxyl groups is 1. The number of benzene rings is 1. The molecule has 1 aliphatic heterocycles. The molecule has 2 heterocycles. The lowest BCUT2D eigenvalue weighted by Crippen LogP contribution is -2.46. The summed E-state index contributed by atoms with van der Waals surface area (Å²) in [5.41, 5.74) is 2.19. The smallest absolute Gasteiger partial charge is 0.292 e. The average molecular weight is 349 g/mol. The van der Waals surface area contributed by atoms with Crippen molar-refractivity contribution in [2.45, 2.75) is 6.61 Å². The third kappa shape index (κ3) is 3.27. The maximum Gasteiger partial charge on any atom is 0.292 e. The van der Waals surface area contributed by atoms with E-state index in [2.05, 4.69) is 9.88 Å². The van der Waals surface area contributed by atoms with Gasteiger partial charge in [-0.2, -0.15) is 0 Å². The molecular weight excluding hydrogens is 332 g/mol. The van der Waals surface area contributed by atoms with Gasteiger partial charge < -0.3 is 14.9 Å². The number of halogens is 1. The fourth-order valence-electron chi connectivity index (χ4n) is 2.89. The summed E-state index contributed by atoms with van der Waals surface area (Å²) in [5, 5.41) is 21.2. The number of hydrogen-bond acceptors (Lipinski definition) is 6. The highest BCUT2D eigenvalue weighted by molar-refractivity contribution is 6.33. The minimum atomic E-state index is -0.386. The van der Waals surface area contributed by atoms with Crippen molar-refractivity contribution < 1.29 is 10.0 Å². The monoisotopic (exact) mass is 348 g/mol. The van der Waals surface area contributed by atoms with Gasteiger partial charge in [-0.25, -0.2) is 0 Å². The molecule has 1 aromatic heterocycles. The van der Waals surface area contributed by atoms with Crippen LogP contribution in [0.4, 0.5) is 17.1 Å². The lowest BCUT2D eigenvalue weighted by atomic mass is 10.1. The number of nitro groups is 1. The fraction of sp³-hybridized carbons (Fsp3) is 0.312. The summed E-state index contributed by atoms with van der Waals surface area (Å²) in [4.78, 5) is 19.0. The highest BCUT2D eigenvalue weighted by atomic mass is 35.5. The Morgan fingerprint density at radius 3 is 2.42 bits per heavy atom. The van der Waals surface area contributed by atoms with Crippen LogP contribution in [0.1, 0.15) is 5.56 Å². The summed E-state index contributed by atoms with van der Waals surface area (Å²) in [6.45, 7) is 2.52. The van der Waals surface area contributed by atoms with Gasteiger partial charge in [-0.15, -0.1) is 0 Å². The Hall–Kier alpha value is -2.38. The molecule has 1 aromatic carbocycles. The first-order chi connectivity index (χ1) is 11.6. The first kappa shape index (κ1) is 16.5. The van der Waals surface area contributed by atoms with Gasteiger partial charge in [-0.1, -0.05) is 11.6 Å². The summed E-state index contributed by atoms with van der Waals surface area (Å²) in [6, 6.07) is 6.58. The molecule has 2 aromatic rings. The second-order valence-electron chi connectivity index (χ2n) is 5.54. The number of nitro benzene ring substituents is 1. The normalized spacial score (nSPS) is 14.8. The number of pyridine rings is 1. The minimum absolute atomic E-state index is 0.0580. The predicted octanol–water partition coefficient (Wildman–Crippen LogP) is 2.46. The summed E-state index contributed by atoms with van der Waals surface area (Å²) in [5.74, 6) is 0. The maximum absolute atomic E-state index is 11.3. The molecule has 0 unspecified atom stereocenters. The van der Waals surface area contributed by atoms with Crippen LogP contribution in [-0.4, -0.2) is 41.2 Å². The standard InChI is InChI=1S/C16H17ClN4O3/c17-13-10-18-4-3-14(13)19-5-7-20(8-6-19)16-9-12(11-22)1-2-15(16)21(23)24/h1-4,9-10,22H,5-8,11H2. The van der Waals surface area contributed by atoms with Crippen molar-refractivity contribution in [3.05, 3.63) is 57.4 Å². The van der Waals surface area contributed by atoms with E-state index in [0.717, 1.165) is 5.69 Å². The highest BCUT2D eigenvalue weighted by Crippen LogP contribution is 2.32. The van der Waals surface area contributed by atoms with Gasteiger partial charge in [0.1, 0.15) is 5.69 Å². The number of nitrogens with zero attached hydrogens (tertiary/aromatic N) is 4. The van der Waals surface area contributed by atoms with E-state index < -0.39 is 0 Å². The maximum atomic E-state index is 11.3. The number of aliphatic hydroxyl groups excluding tert-OH is 1. The first-order valence-electron chi connectivity index (χ1n) is 7.57. The Bertz CT molecular complexity index is 748. The molecule has 8 heteroatoms. The third-order valence-corrected chi connectivity index (χ3v) is 4.42. The van der Waals surface area contributed by atoms with E-state index >= 15 is 0 Å². The van der Waals surface area contributed by atoms with Crippen molar-refractivity contribution in [1.82, 2.24) is 4.98 Å². The summed E-state index contributed by atoms with van der Waals surface area (Å²) < 4.78 is 0. The molecule has 0 bridgehead atoms. The van der Waals surface area contributed by atoms with Gasteiger partial charge in [-0.3, -0.25) is 15.1 Å². The van der Waals surface area contributed by atoms with Crippen molar-refractivity contribution >= 4 is 28.7 Å². The number of aromatic nitrogens is 1. The molecule has 1 saturated heterocycles. The molecule has 0 radical (unpaired) electrons. The molecule has 7 nitrogen and oxygen atoms in total. The average Bonchev–Trinajstić information content (AvgIpc) is 2.61. The molecule has 0 atom stereocenters. The summed E-state index contributed by atoms with van der Waals surface area (Å²) >= 11 is 6.18. The van der Waals surface area contributed by atoms with Crippen LogP contribution >= 0.6 is 11.6 Å². The van der Waals surface area contributed by atoms with Gasteiger partial charge >= 0.3 is 0 Å². The zero-order chi connectivity index (χ0) is 17.1. The van der Waals surface area contributed by atoms with Gasteiger partial charge in [0.2, 0.25) is 0 Å². The van der Waals surface area contributed by atoms with Crippen LogP contribution in [0.15, 0.2) is 36.7 Å². The van der Waals surface area contributed by atoms with E-state index in [-0.39, 0.29) is 17.2 Å². The Morgan fingerprint density at radius 1 is 1.17 bits per heavy atom. The Labute approximate surface area is 144 Å². The molecule has 1 N–H and O–H groups in total. The molecule has 3 rings (SSSR count). The molecule has 0 amide bonds. The molecule has 24 heavy (non-hydrogen) atoms. The van der Waals surface area contributed by atoms with Crippen molar-refractivity contribution in [3.63, 3.8) is 0 Å². The van der Waals surface area contributed by atoms with E-state index in [1.165, 1.54) is 6.07 Å². The SMILES string of the molecule is O=[N+]([O-])c1ccc(CO)cc1N1CCN(c2ccncc2Cl)CC1. The lowest BCUT2D eigenvalue weighted by Gasteiger charge is -2.37. The predicted molar refractivity (Wildman–Crippen MR) is 92.7 cm³/mol. The number of rotatable bonds is 4. The van der Waals surface area contributed by atoms with Crippen LogP contribution in [0.2, 0.25) is 5.02 Å². The van der Waals surface area contributed by atoms with E-state index in [1.807, 2.05) is 11.0 Å². The summed E-state index contributed by atoms with van der Waals surface area (Å²) in [6.07, 6.45) is 3.31. The zero-order valence-electron chi connectivity index (χ0n) is 12.9. The van der Waals surface area contributed by atoms with Gasteiger partial charge in [0.05, 0.1) is 22.2 Å². The number of hydrogen-bond donors (Lipinski definition) is 1. The molecule has 0 spiro atoms. The van der Waals surface area contributed by atoms with Crippen molar-refractivity contribution in [3.8, 4) is 0 Å². The van der Waals surface area contributed by atoms with Crippen LogP contribution in [0.3, 0.4) is 0 Å². The van der Waals surface area contributed by atoms with E-state index in [4.69, 9.17) is 11.6 Å². The third-order valence-electron chi connectivity index (χ3n) is 4.13. The highest BCUT2D eigenvalue weighted by Gasteiger charge is 2.24. The molecule has 0 aliphatic carbocycles. The van der Waals surface area contributed by atoms with Gasteiger partial charge in [-0.05, 0) is 23.8 Å². The Kier molecular flexibility index (Phi) is 4.82. The number of piperazine rings is 1. The lowest BCUT2D eigenvalue weighted by molar-refractivity contribution is -0.384. The quantitative estimate of drug-likeness (QED) is 0.675. The van der Waals surface area contributed by atoms with E-state index in [9.17, 15) is 15.2 Å². The van der Waals surface area contributed by atoms with Gasteiger partial charge in [0.25, 0.3) is 5.69 Å². The van der Waals surface area contributed by atoms with E-state index in [0.29, 0.717) is 42.5 Å². The number of anilines is 2. The first-order valence-corrected chi connectivity index (χ1v) is 7.95. The largest absolute Gasteiger partial charge is 0.392 e. The van der Waals surface area contributed by atoms with Crippen LogP contribution in [0.5, 0.6) is 0 Å². The van der Waals surface area contributed by atoms with Crippen molar-refractivity contribution in [1.29, 1.82) is 0 Å². The second-order valence-corrected chi connectivity index (χ2v) is 5.95. The van der Waals surface area contributed by atoms with E-state index in [1.54, 1.807) is 24.5 Å². The van der Waals surface area contributed by atoms with Crippen LogP contribution < -0.4 is 9.80 Å². The minimum Gasteiger partial charge on any atom is -0.392 e. The van der Waals surface area contributed by atoms with Crippen LogP contribution in [0, 0.1) is 10.1 Å². The van der Waals surface area contributed by atoms with Gasteiger partial charge in [0, 0.05) is 44.6 Å². The molecule has 0 saturated carbocycles. The molecule has 1 aliphatic rings. The Balaban J connectivity index is 1.80. The van der Waals surface area contributed by atoms with Crippen molar-refractivity contribution in [2.24, 2.45) is 0 Å². The zero-order valence-corrected chi connectivity index (χ0v) is 13.7. The van der Waals surface area contributed by atoms with Crippen LogP contribution in [-0.2, 0) is 6.61 Å². The topological polar surface area (TPSA) is 82.7 Å². The Morgan fingerprint density at radius 2 is 1.83 bits per heavy atom. The summed E-state index contributed by atoms with van der Waals surface area (Å²) in [7, 11) is 0. The molecular formula is C16H17ClN4O3. The molecule has 1 fully saturated rings. The van der Waals surface area contributed by atoms with Crippen LogP contribution in [0.25, 0.3) is 0 Å². The fourth-order valence-corrected chi connectivity index (χ4v) is 3.13. The van der Waals surface area contributed by atoms with Gasteiger partial charge in [0.15, 0.2) is 0 Å².